The quantitative estimate of drug-likeness (QED) is 0.462. The molecule has 0 saturated carbocycles. The molecule has 1 saturated heterocycles. The van der Waals surface area contributed by atoms with Gasteiger partial charge in [-0.2, -0.15) is 0 Å². The highest BCUT2D eigenvalue weighted by Gasteiger charge is 2.22. The molecular weight excluding hydrogens is 140 g/mol. The Morgan fingerprint density at radius 1 is 1.45 bits per heavy atom. The third kappa shape index (κ3) is 5.22. The first-order valence-corrected chi connectivity index (χ1v) is 4.31. The van der Waals surface area contributed by atoms with Crippen LogP contribution in [0.15, 0.2) is 0 Å². The fourth-order valence-electron chi connectivity index (χ4n) is 0.953. The second kappa shape index (κ2) is 3.55. The van der Waals surface area contributed by atoms with Crippen molar-refractivity contribution in [2.24, 2.45) is 5.41 Å². The Hall–Kier alpha value is -0.0800. The highest BCUT2D eigenvalue weighted by atomic mass is 16.8. The highest BCUT2D eigenvalue weighted by Crippen LogP contribution is 2.21. The van der Waals surface area contributed by atoms with Gasteiger partial charge in [-0.05, 0) is 18.3 Å². The summed E-state index contributed by atoms with van der Waals surface area (Å²) in [7, 11) is 0. The Kier molecular flexibility index (Phi) is 2.90. The SMILES string of the molecule is CC(C)(C)CCCOC1CO1. The van der Waals surface area contributed by atoms with E-state index >= 15 is 0 Å². The van der Waals surface area contributed by atoms with Crippen LogP contribution in [0, 0.1) is 5.41 Å². The molecule has 2 heteroatoms. The lowest BCUT2D eigenvalue weighted by Crippen LogP contribution is -2.07. The zero-order valence-electron chi connectivity index (χ0n) is 7.72. The van der Waals surface area contributed by atoms with E-state index in [0.717, 1.165) is 19.6 Å². The van der Waals surface area contributed by atoms with E-state index < -0.39 is 0 Å². The van der Waals surface area contributed by atoms with Gasteiger partial charge in [0.25, 0.3) is 0 Å². The van der Waals surface area contributed by atoms with Gasteiger partial charge in [0.15, 0.2) is 6.29 Å². The summed E-state index contributed by atoms with van der Waals surface area (Å²) < 4.78 is 10.2. The van der Waals surface area contributed by atoms with Gasteiger partial charge in [-0.15, -0.1) is 0 Å². The van der Waals surface area contributed by atoms with Crippen LogP contribution in [-0.4, -0.2) is 19.5 Å². The van der Waals surface area contributed by atoms with Crippen LogP contribution < -0.4 is 0 Å². The number of epoxide rings is 1. The Morgan fingerprint density at radius 2 is 2.09 bits per heavy atom. The summed E-state index contributed by atoms with van der Waals surface area (Å²) in [4.78, 5) is 0. The lowest BCUT2D eigenvalue weighted by Gasteiger charge is -2.17. The molecule has 0 radical (unpaired) electrons. The second-order valence-corrected chi connectivity index (χ2v) is 4.30. The van der Waals surface area contributed by atoms with E-state index in [-0.39, 0.29) is 6.29 Å². The van der Waals surface area contributed by atoms with Crippen LogP contribution in [0.1, 0.15) is 33.6 Å². The maximum atomic E-state index is 5.33. The molecule has 1 heterocycles. The third-order valence-corrected chi connectivity index (χ3v) is 1.68. The summed E-state index contributed by atoms with van der Waals surface area (Å²) >= 11 is 0. The van der Waals surface area contributed by atoms with Crippen LogP contribution in [0.5, 0.6) is 0 Å². The molecule has 0 spiro atoms. The van der Waals surface area contributed by atoms with Crippen LogP contribution >= 0.6 is 0 Å². The first-order chi connectivity index (χ1) is 5.08. The molecule has 1 fully saturated rings. The first-order valence-electron chi connectivity index (χ1n) is 4.31. The van der Waals surface area contributed by atoms with Crippen LogP contribution in [0.2, 0.25) is 0 Å². The minimum Gasteiger partial charge on any atom is -0.350 e. The number of hydrogen-bond acceptors (Lipinski definition) is 2. The molecule has 0 aromatic heterocycles. The molecule has 0 N–H and O–H groups in total. The van der Waals surface area contributed by atoms with Gasteiger partial charge < -0.3 is 9.47 Å². The van der Waals surface area contributed by atoms with Crippen molar-refractivity contribution in [3.63, 3.8) is 0 Å². The summed E-state index contributed by atoms with van der Waals surface area (Å²) in [5.74, 6) is 0. The zero-order chi connectivity index (χ0) is 8.32. The topological polar surface area (TPSA) is 21.8 Å². The molecule has 2 nitrogen and oxygen atoms in total. The van der Waals surface area contributed by atoms with Crippen molar-refractivity contribution in [2.75, 3.05) is 13.2 Å². The molecule has 0 aromatic rings. The monoisotopic (exact) mass is 158 g/mol. The summed E-state index contributed by atoms with van der Waals surface area (Å²) in [6.07, 6.45) is 2.50. The predicted octanol–water partition coefficient (Wildman–Crippen LogP) is 2.19. The molecule has 0 aliphatic carbocycles. The average molecular weight is 158 g/mol. The third-order valence-electron chi connectivity index (χ3n) is 1.68. The average Bonchev–Trinajstić information content (AvgIpc) is 2.60. The summed E-state index contributed by atoms with van der Waals surface area (Å²) in [6.45, 7) is 8.40. The highest BCUT2D eigenvalue weighted by molar-refractivity contribution is 4.61. The predicted molar refractivity (Wildman–Crippen MR) is 44.4 cm³/mol. The maximum absolute atomic E-state index is 5.33. The van der Waals surface area contributed by atoms with Crippen molar-refractivity contribution in [1.82, 2.24) is 0 Å². The van der Waals surface area contributed by atoms with Crippen molar-refractivity contribution in [3.8, 4) is 0 Å². The van der Waals surface area contributed by atoms with Crippen LogP contribution in [0.4, 0.5) is 0 Å². The Balaban J connectivity index is 1.87. The van der Waals surface area contributed by atoms with Crippen molar-refractivity contribution < 1.29 is 9.47 Å². The van der Waals surface area contributed by atoms with Gasteiger partial charge >= 0.3 is 0 Å². The molecule has 1 atom stereocenters. The fourth-order valence-corrected chi connectivity index (χ4v) is 0.953. The standard InChI is InChI=1S/C9H18O2/c1-9(2,3)5-4-6-10-8-7-11-8/h8H,4-7H2,1-3H3. The van der Waals surface area contributed by atoms with Crippen molar-refractivity contribution in [1.29, 1.82) is 0 Å². The molecule has 0 aromatic carbocycles. The lowest BCUT2D eigenvalue weighted by molar-refractivity contribution is 0.0444. The van der Waals surface area contributed by atoms with Crippen molar-refractivity contribution >= 4 is 0 Å². The fraction of sp³-hybridized carbons (Fsp3) is 1.00. The molecule has 1 rings (SSSR count). The normalized spacial score (nSPS) is 23.7. The van der Waals surface area contributed by atoms with Crippen molar-refractivity contribution in [3.05, 3.63) is 0 Å². The van der Waals surface area contributed by atoms with E-state index in [1.54, 1.807) is 0 Å². The molecule has 0 bridgehead atoms. The molecule has 11 heavy (non-hydrogen) atoms. The van der Waals surface area contributed by atoms with E-state index in [0.29, 0.717) is 5.41 Å². The van der Waals surface area contributed by atoms with Gasteiger partial charge in [-0.3, -0.25) is 0 Å². The van der Waals surface area contributed by atoms with Gasteiger partial charge in [0.2, 0.25) is 0 Å². The second-order valence-electron chi connectivity index (χ2n) is 4.30. The Bertz CT molecular complexity index is 111. The zero-order valence-corrected chi connectivity index (χ0v) is 7.72. The minimum absolute atomic E-state index is 0.134. The Labute approximate surface area is 68.9 Å². The first kappa shape index (κ1) is 9.01. The van der Waals surface area contributed by atoms with Crippen LogP contribution in [-0.2, 0) is 9.47 Å². The maximum Gasteiger partial charge on any atom is 0.181 e. The molecule has 1 aliphatic heterocycles. The molecular formula is C9H18O2. The molecule has 1 unspecified atom stereocenters. The molecule has 66 valence electrons. The summed E-state index contributed by atoms with van der Waals surface area (Å²) in [5.41, 5.74) is 0.438. The van der Waals surface area contributed by atoms with Crippen LogP contribution in [0.25, 0.3) is 0 Å². The van der Waals surface area contributed by atoms with Crippen molar-refractivity contribution in [2.45, 2.75) is 39.9 Å². The molecule has 1 aliphatic rings. The van der Waals surface area contributed by atoms with Gasteiger partial charge in [-0.1, -0.05) is 20.8 Å². The van der Waals surface area contributed by atoms with E-state index in [9.17, 15) is 0 Å². The summed E-state index contributed by atoms with van der Waals surface area (Å²) in [5, 5.41) is 0. The van der Waals surface area contributed by atoms with Gasteiger partial charge in [0.1, 0.15) is 6.61 Å². The van der Waals surface area contributed by atoms with Gasteiger partial charge in [0.05, 0.1) is 0 Å². The minimum atomic E-state index is 0.134. The van der Waals surface area contributed by atoms with Gasteiger partial charge in [0, 0.05) is 6.61 Å². The smallest absolute Gasteiger partial charge is 0.181 e. The van der Waals surface area contributed by atoms with Gasteiger partial charge in [-0.25, -0.2) is 0 Å². The number of ether oxygens (including phenoxy) is 2. The number of hydrogen-bond donors (Lipinski definition) is 0. The Morgan fingerprint density at radius 3 is 2.55 bits per heavy atom. The summed E-state index contributed by atoms with van der Waals surface area (Å²) in [6, 6.07) is 0. The largest absolute Gasteiger partial charge is 0.350 e. The lowest BCUT2D eigenvalue weighted by atomic mass is 9.91. The molecule has 0 amide bonds. The number of rotatable bonds is 4. The van der Waals surface area contributed by atoms with E-state index in [2.05, 4.69) is 20.8 Å². The van der Waals surface area contributed by atoms with E-state index in [4.69, 9.17) is 9.47 Å². The van der Waals surface area contributed by atoms with E-state index in [1.807, 2.05) is 0 Å². The van der Waals surface area contributed by atoms with Crippen LogP contribution in [0.3, 0.4) is 0 Å². The van der Waals surface area contributed by atoms with E-state index in [1.165, 1.54) is 6.42 Å².